The van der Waals surface area contributed by atoms with Crippen LogP contribution in [0.4, 0.5) is 4.79 Å². The van der Waals surface area contributed by atoms with Crippen LogP contribution in [-0.2, 0) is 22.6 Å². The summed E-state index contributed by atoms with van der Waals surface area (Å²) in [5.74, 6) is -0.0928. The number of ketones is 1. The number of rotatable bonds is 7. The quantitative estimate of drug-likeness (QED) is 0.845. The van der Waals surface area contributed by atoms with E-state index in [1.165, 1.54) is 0 Å². The Balaban J connectivity index is 1.80. The molecular formula is C18H21N3O3. The first-order valence-electron chi connectivity index (χ1n) is 7.74. The van der Waals surface area contributed by atoms with Crippen molar-refractivity contribution in [2.75, 3.05) is 0 Å². The number of hydrogen-bond acceptors (Lipinski definition) is 5. The minimum Gasteiger partial charge on any atom is -0.445 e. The van der Waals surface area contributed by atoms with Crippen molar-refractivity contribution in [3.63, 3.8) is 0 Å². The van der Waals surface area contributed by atoms with Gasteiger partial charge in [0, 0.05) is 25.0 Å². The van der Waals surface area contributed by atoms with Crippen LogP contribution in [0, 0.1) is 0 Å². The van der Waals surface area contributed by atoms with Crippen LogP contribution in [0.25, 0.3) is 0 Å². The molecule has 1 N–H and O–H groups in total. The second-order valence-electron chi connectivity index (χ2n) is 5.93. The molecule has 0 saturated heterocycles. The van der Waals surface area contributed by atoms with Crippen molar-refractivity contribution in [3.8, 4) is 0 Å². The Bertz CT molecular complexity index is 672. The van der Waals surface area contributed by atoms with Crippen molar-refractivity contribution in [2.24, 2.45) is 0 Å². The zero-order chi connectivity index (χ0) is 17.4. The summed E-state index contributed by atoms with van der Waals surface area (Å²) in [5, 5.41) is 2.62. The van der Waals surface area contributed by atoms with Gasteiger partial charge in [-0.1, -0.05) is 30.3 Å². The van der Waals surface area contributed by atoms with Gasteiger partial charge < -0.3 is 10.1 Å². The average Bonchev–Trinajstić information content (AvgIpc) is 2.59. The Labute approximate surface area is 141 Å². The van der Waals surface area contributed by atoms with Gasteiger partial charge in [-0.2, -0.15) is 0 Å². The fourth-order valence-corrected chi connectivity index (χ4v) is 2.10. The molecule has 0 spiro atoms. The summed E-state index contributed by atoms with van der Waals surface area (Å²) in [6.45, 7) is 3.49. The molecule has 1 aromatic carbocycles. The van der Waals surface area contributed by atoms with Crippen molar-refractivity contribution < 1.29 is 14.3 Å². The Morgan fingerprint density at radius 2 is 1.92 bits per heavy atom. The molecule has 1 aromatic heterocycles. The molecular weight excluding hydrogens is 306 g/mol. The number of hydrogen-bond donors (Lipinski definition) is 1. The van der Waals surface area contributed by atoms with Crippen LogP contribution in [0.15, 0.2) is 48.9 Å². The fraction of sp³-hybridized carbons (Fsp3) is 0.333. The fourth-order valence-electron chi connectivity index (χ4n) is 2.10. The summed E-state index contributed by atoms with van der Waals surface area (Å²) in [5.41, 5.74) is 0.628. The standard InChI is InChI=1S/C18H21N3O3/c1-18(2,16(22)9-8-15-12-19-10-11-20-15)21-17(23)24-13-14-6-4-3-5-7-14/h3-7,10-12H,8-9,13H2,1-2H3,(H,21,23). The SMILES string of the molecule is CC(C)(NC(=O)OCc1ccccc1)C(=O)CCc1cnccn1. The van der Waals surface area contributed by atoms with Gasteiger partial charge in [0.1, 0.15) is 6.61 Å². The highest BCUT2D eigenvalue weighted by Crippen LogP contribution is 2.10. The van der Waals surface area contributed by atoms with Crippen LogP contribution >= 0.6 is 0 Å². The van der Waals surface area contributed by atoms with Gasteiger partial charge in [0.05, 0.1) is 11.2 Å². The monoisotopic (exact) mass is 327 g/mol. The number of nitrogens with zero attached hydrogens (tertiary/aromatic N) is 2. The molecule has 0 aliphatic rings. The summed E-state index contributed by atoms with van der Waals surface area (Å²) in [6, 6.07) is 9.37. The minimum absolute atomic E-state index is 0.0928. The third kappa shape index (κ3) is 5.46. The van der Waals surface area contributed by atoms with Gasteiger partial charge >= 0.3 is 6.09 Å². The van der Waals surface area contributed by atoms with Gasteiger partial charge in [0.25, 0.3) is 0 Å². The second kappa shape index (κ2) is 8.19. The second-order valence-corrected chi connectivity index (χ2v) is 5.93. The Kier molecular flexibility index (Phi) is 6.01. The zero-order valence-electron chi connectivity index (χ0n) is 13.9. The summed E-state index contributed by atoms with van der Waals surface area (Å²) >= 11 is 0. The molecule has 0 bridgehead atoms. The molecule has 6 heteroatoms. The third-order valence-electron chi connectivity index (χ3n) is 3.55. The van der Waals surface area contributed by atoms with Crippen LogP contribution in [0.1, 0.15) is 31.5 Å². The molecule has 2 aromatic rings. The molecule has 0 aliphatic heterocycles. The van der Waals surface area contributed by atoms with E-state index >= 15 is 0 Å². The zero-order valence-corrected chi connectivity index (χ0v) is 13.9. The number of aryl methyl sites for hydroxylation is 1. The van der Waals surface area contributed by atoms with Crippen molar-refractivity contribution in [2.45, 2.75) is 38.8 Å². The van der Waals surface area contributed by atoms with Crippen LogP contribution in [0.3, 0.4) is 0 Å². The van der Waals surface area contributed by atoms with Crippen LogP contribution < -0.4 is 5.32 Å². The molecule has 0 fully saturated rings. The van der Waals surface area contributed by atoms with E-state index in [0.717, 1.165) is 11.3 Å². The predicted octanol–water partition coefficient (Wildman–Crippen LogP) is 2.68. The van der Waals surface area contributed by atoms with Gasteiger partial charge in [-0.15, -0.1) is 0 Å². The summed E-state index contributed by atoms with van der Waals surface area (Å²) in [6.07, 6.45) is 4.93. The number of ether oxygens (including phenoxy) is 1. The van der Waals surface area contributed by atoms with E-state index in [0.29, 0.717) is 6.42 Å². The van der Waals surface area contributed by atoms with Crippen molar-refractivity contribution in [1.82, 2.24) is 15.3 Å². The Morgan fingerprint density at radius 3 is 2.58 bits per heavy atom. The number of Topliss-reactive ketones (excluding diaryl/α,β-unsaturated/α-hetero) is 1. The van der Waals surface area contributed by atoms with Gasteiger partial charge in [0.15, 0.2) is 5.78 Å². The number of carbonyl (C=O) groups is 2. The lowest BCUT2D eigenvalue weighted by atomic mass is 9.95. The minimum atomic E-state index is -1.00. The largest absolute Gasteiger partial charge is 0.445 e. The topological polar surface area (TPSA) is 81.2 Å². The highest BCUT2D eigenvalue weighted by Gasteiger charge is 2.29. The molecule has 0 aliphatic carbocycles. The molecule has 0 atom stereocenters. The highest BCUT2D eigenvalue weighted by atomic mass is 16.5. The summed E-state index contributed by atoms with van der Waals surface area (Å²) < 4.78 is 5.15. The van der Waals surface area contributed by atoms with E-state index in [2.05, 4.69) is 15.3 Å². The van der Waals surface area contributed by atoms with E-state index in [1.807, 2.05) is 30.3 Å². The number of nitrogens with one attached hydrogen (secondary N) is 1. The number of carbonyl (C=O) groups excluding carboxylic acids is 2. The van der Waals surface area contributed by atoms with Gasteiger partial charge in [-0.25, -0.2) is 4.79 Å². The lowest BCUT2D eigenvalue weighted by molar-refractivity contribution is -0.124. The van der Waals surface area contributed by atoms with Crippen molar-refractivity contribution in [3.05, 3.63) is 60.2 Å². The van der Waals surface area contributed by atoms with Gasteiger partial charge in [-0.05, 0) is 25.8 Å². The van der Waals surface area contributed by atoms with Crippen molar-refractivity contribution >= 4 is 11.9 Å². The van der Waals surface area contributed by atoms with Crippen LogP contribution in [0.2, 0.25) is 0 Å². The molecule has 1 amide bonds. The van der Waals surface area contributed by atoms with Crippen LogP contribution in [-0.4, -0.2) is 27.4 Å². The smallest absolute Gasteiger partial charge is 0.408 e. The predicted molar refractivity (Wildman–Crippen MR) is 89.2 cm³/mol. The molecule has 126 valence electrons. The van der Waals surface area contributed by atoms with E-state index in [-0.39, 0.29) is 18.8 Å². The van der Waals surface area contributed by atoms with Crippen LogP contribution in [0.5, 0.6) is 0 Å². The molecule has 0 radical (unpaired) electrons. The maximum absolute atomic E-state index is 12.3. The van der Waals surface area contributed by atoms with E-state index in [9.17, 15) is 9.59 Å². The maximum atomic E-state index is 12.3. The summed E-state index contributed by atoms with van der Waals surface area (Å²) in [4.78, 5) is 32.3. The summed E-state index contributed by atoms with van der Waals surface area (Å²) in [7, 11) is 0. The first kappa shape index (κ1) is 17.6. The number of benzene rings is 1. The van der Waals surface area contributed by atoms with E-state index in [4.69, 9.17) is 4.74 Å². The molecule has 0 saturated carbocycles. The average molecular weight is 327 g/mol. The molecule has 0 unspecified atom stereocenters. The third-order valence-corrected chi connectivity index (χ3v) is 3.55. The molecule has 1 heterocycles. The van der Waals surface area contributed by atoms with Gasteiger partial charge in [0.2, 0.25) is 0 Å². The lowest BCUT2D eigenvalue weighted by Gasteiger charge is -2.24. The molecule has 2 rings (SSSR count). The number of amides is 1. The Morgan fingerprint density at radius 1 is 1.17 bits per heavy atom. The number of alkyl carbamates (subject to hydrolysis) is 1. The normalized spacial score (nSPS) is 10.9. The first-order chi connectivity index (χ1) is 11.5. The lowest BCUT2D eigenvalue weighted by Crippen LogP contribution is -2.50. The molecule has 24 heavy (non-hydrogen) atoms. The number of aromatic nitrogens is 2. The van der Waals surface area contributed by atoms with E-state index < -0.39 is 11.6 Å². The first-order valence-corrected chi connectivity index (χ1v) is 7.74. The highest BCUT2D eigenvalue weighted by molar-refractivity contribution is 5.90. The molecule has 6 nitrogen and oxygen atoms in total. The maximum Gasteiger partial charge on any atom is 0.408 e. The van der Waals surface area contributed by atoms with Crippen molar-refractivity contribution in [1.29, 1.82) is 0 Å². The Hall–Kier alpha value is -2.76. The van der Waals surface area contributed by atoms with Gasteiger partial charge in [-0.3, -0.25) is 14.8 Å². The van der Waals surface area contributed by atoms with E-state index in [1.54, 1.807) is 32.4 Å².